The second-order valence-electron chi connectivity index (χ2n) is 4.76. The molecule has 19 heavy (non-hydrogen) atoms. The Kier molecular flexibility index (Phi) is 5.22. The molecule has 0 aliphatic carbocycles. The minimum atomic E-state index is -0.194. The highest BCUT2D eigenvalue weighted by Gasteiger charge is 2.26. The van der Waals surface area contributed by atoms with Crippen LogP contribution in [0, 0.1) is 0 Å². The number of hydrogen-bond acceptors (Lipinski definition) is 6. The molecule has 7 nitrogen and oxygen atoms in total. The van der Waals surface area contributed by atoms with E-state index in [1.54, 1.807) is 0 Å². The van der Waals surface area contributed by atoms with Crippen molar-refractivity contribution in [2.45, 2.75) is 39.7 Å². The van der Waals surface area contributed by atoms with Crippen molar-refractivity contribution in [3.63, 3.8) is 0 Å². The van der Waals surface area contributed by atoms with E-state index in [4.69, 9.17) is 10.9 Å². The maximum atomic E-state index is 12.5. The van der Waals surface area contributed by atoms with Gasteiger partial charge in [0.25, 0.3) is 5.91 Å². The molecular weight excluding hydrogens is 266 g/mol. The summed E-state index contributed by atoms with van der Waals surface area (Å²) in [6.07, 6.45) is 0. The van der Waals surface area contributed by atoms with E-state index in [0.717, 1.165) is 11.5 Å². The molecule has 1 heterocycles. The highest BCUT2D eigenvalue weighted by molar-refractivity contribution is 7.08. The fourth-order valence-electron chi connectivity index (χ4n) is 1.55. The molecule has 106 valence electrons. The third kappa shape index (κ3) is 3.63. The number of nitrogens with zero attached hydrogens (tertiary/aromatic N) is 4. The van der Waals surface area contributed by atoms with E-state index in [0.29, 0.717) is 10.6 Å². The molecule has 1 aromatic rings. The van der Waals surface area contributed by atoms with E-state index in [9.17, 15) is 4.79 Å². The Morgan fingerprint density at radius 1 is 1.47 bits per heavy atom. The van der Waals surface area contributed by atoms with Crippen LogP contribution in [0.1, 0.15) is 49.0 Å². The minimum absolute atomic E-state index is 0.00868. The van der Waals surface area contributed by atoms with E-state index in [-0.39, 0.29) is 30.2 Å². The standard InChI is InChI=1S/C11H19N5O2S/c1-6(2)9-10(19-15-13-9)11(17)16(7(3)4)5-8(12)14-18/h6-7,18H,5H2,1-4H3,(H2,12,14). The van der Waals surface area contributed by atoms with Crippen LogP contribution in [0.5, 0.6) is 0 Å². The molecule has 0 radical (unpaired) electrons. The van der Waals surface area contributed by atoms with Crippen LogP contribution in [0.15, 0.2) is 5.16 Å². The molecule has 1 aromatic heterocycles. The average molecular weight is 285 g/mol. The Balaban J connectivity index is 3.03. The third-order valence-corrected chi connectivity index (χ3v) is 3.33. The first-order valence-corrected chi connectivity index (χ1v) is 6.75. The smallest absolute Gasteiger partial charge is 0.268 e. The second-order valence-corrected chi connectivity index (χ2v) is 5.51. The molecule has 0 saturated heterocycles. The summed E-state index contributed by atoms with van der Waals surface area (Å²) in [6.45, 7) is 7.72. The molecule has 0 bridgehead atoms. The van der Waals surface area contributed by atoms with Crippen molar-refractivity contribution < 1.29 is 10.0 Å². The predicted octanol–water partition coefficient (Wildman–Crippen LogP) is 1.26. The van der Waals surface area contributed by atoms with E-state index in [1.165, 1.54) is 4.90 Å². The van der Waals surface area contributed by atoms with E-state index in [1.807, 2.05) is 27.7 Å². The lowest BCUT2D eigenvalue weighted by molar-refractivity contribution is 0.0737. The van der Waals surface area contributed by atoms with Crippen LogP contribution in [0.4, 0.5) is 0 Å². The molecule has 0 atom stereocenters. The Morgan fingerprint density at radius 3 is 2.58 bits per heavy atom. The normalized spacial score (nSPS) is 12.2. The molecule has 0 aliphatic rings. The highest BCUT2D eigenvalue weighted by atomic mass is 32.1. The van der Waals surface area contributed by atoms with Crippen molar-refractivity contribution in [3.8, 4) is 0 Å². The van der Waals surface area contributed by atoms with Crippen molar-refractivity contribution in [2.75, 3.05) is 6.54 Å². The predicted molar refractivity (Wildman–Crippen MR) is 73.6 cm³/mol. The summed E-state index contributed by atoms with van der Waals surface area (Å²) < 4.78 is 3.84. The molecule has 1 rings (SSSR count). The van der Waals surface area contributed by atoms with Gasteiger partial charge in [-0.3, -0.25) is 4.79 Å². The molecule has 8 heteroatoms. The first-order valence-electron chi connectivity index (χ1n) is 5.98. The number of hydrogen-bond donors (Lipinski definition) is 2. The quantitative estimate of drug-likeness (QED) is 0.367. The number of aromatic nitrogens is 2. The minimum Gasteiger partial charge on any atom is -0.409 e. The number of amides is 1. The number of rotatable bonds is 5. The van der Waals surface area contributed by atoms with Gasteiger partial charge in [0.05, 0.1) is 12.2 Å². The molecule has 0 spiro atoms. The van der Waals surface area contributed by atoms with E-state index < -0.39 is 0 Å². The van der Waals surface area contributed by atoms with Gasteiger partial charge in [0.1, 0.15) is 4.88 Å². The van der Waals surface area contributed by atoms with Gasteiger partial charge in [0.2, 0.25) is 0 Å². The zero-order valence-electron chi connectivity index (χ0n) is 11.5. The topological polar surface area (TPSA) is 105 Å². The maximum absolute atomic E-state index is 12.5. The second kappa shape index (κ2) is 6.46. The van der Waals surface area contributed by atoms with E-state index in [2.05, 4.69) is 14.7 Å². The van der Waals surface area contributed by atoms with Gasteiger partial charge >= 0.3 is 0 Å². The van der Waals surface area contributed by atoms with Crippen LogP contribution >= 0.6 is 11.5 Å². The largest absolute Gasteiger partial charge is 0.409 e. The van der Waals surface area contributed by atoms with Crippen LogP contribution in [0.2, 0.25) is 0 Å². The van der Waals surface area contributed by atoms with Crippen molar-refractivity contribution in [1.82, 2.24) is 14.5 Å². The number of carbonyl (C=O) groups is 1. The molecule has 0 unspecified atom stereocenters. The van der Waals surface area contributed by atoms with Crippen LogP contribution in [0.25, 0.3) is 0 Å². The fourth-order valence-corrected chi connectivity index (χ4v) is 2.32. The van der Waals surface area contributed by atoms with Gasteiger partial charge in [-0.15, -0.1) is 5.10 Å². The van der Waals surface area contributed by atoms with Gasteiger partial charge in [-0.2, -0.15) is 0 Å². The van der Waals surface area contributed by atoms with Crippen LogP contribution in [-0.2, 0) is 0 Å². The maximum Gasteiger partial charge on any atom is 0.268 e. The lowest BCUT2D eigenvalue weighted by Gasteiger charge is -2.25. The fraction of sp³-hybridized carbons (Fsp3) is 0.636. The summed E-state index contributed by atoms with van der Waals surface area (Å²) in [6, 6.07) is -0.0742. The summed E-state index contributed by atoms with van der Waals surface area (Å²) in [5, 5.41) is 15.5. The number of oxime groups is 1. The zero-order chi connectivity index (χ0) is 14.6. The number of amidine groups is 1. The molecule has 0 fully saturated rings. The Morgan fingerprint density at radius 2 is 2.11 bits per heavy atom. The van der Waals surface area contributed by atoms with Crippen molar-refractivity contribution in [3.05, 3.63) is 10.6 Å². The Hall–Kier alpha value is -1.70. The summed E-state index contributed by atoms with van der Waals surface area (Å²) in [4.78, 5) is 14.5. The zero-order valence-corrected chi connectivity index (χ0v) is 12.3. The molecule has 3 N–H and O–H groups in total. The van der Waals surface area contributed by atoms with E-state index >= 15 is 0 Å². The first kappa shape index (κ1) is 15.4. The van der Waals surface area contributed by atoms with Gasteiger partial charge in [-0.25, -0.2) is 0 Å². The van der Waals surface area contributed by atoms with Crippen LogP contribution < -0.4 is 5.73 Å². The summed E-state index contributed by atoms with van der Waals surface area (Å²) in [5.41, 5.74) is 6.16. The van der Waals surface area contributed by atoms with Gasteiger partial charge in [0.15, 0.2) is 5.84 Å². The van der Waals surface area contributed by atoms with Crippen molar-refractivity contribution in [1.29, 1.82) is 0 Å². The summed E-state index contributed by atoms with van der Waals surface area (Å²) in [7, 11) is 0. The van der Waals surface area contributed by atoms with Crippen LogP contribution in [-0.4, -0.2) is 44.0 Å². The molecule has 1 amide bonds. The SMILES string of the molecule is CC(C)c1nnsc1C(=O)N(CC(N)=NO)C(C)C. The lowest BCUT2D eigenvalue weighted by atomic mass is 10.1. The highest BCUT2D eigenvalue weighted by Crippen LogP contribution is 2.22. The summed E-state index contributed by atoms with van der Waals surface area (Å²) in [5.74, 6) is -0.0820. The number of nitrogens with two attached hydrogens (primary N) is 1. The average Bonchev–Trinajstić information content (AvgIpc) is 2.83. The van der Waals surface area contributed by atoms with Gasteiger partial charge in [-0.05, 0) is 31.3 Å². The van der Waals surface area contributed by atoms with Gasteiger partial charge in [0, 0.05) is 6.04 Å². The molecule has 0 aromatic carbocycles. The van der Waals surface area contributed by atoms with Gasteiger partial charge < -0.3 is 15.8 Å². The third-order valence-electron chi connectivity index (χ3n) is 2.60. The van der Waals surface area contributed by atoms with Crippen molar-refractivity contribution in [2.24, 2.45) is 10.9 Å². The number of carbonyl (C=O) groups excluding carboxylic acids is 1. The Labute approximate surface area is 116 Å². The van der Waals surface area contributed by atoms with Crippen molar-refractivity contribution >= 4 is 23.3 Å². The Bertz CT molecular complexity index is 469. The van der Waals surface area contributed by atoms with Crippen LogP contribution in [0.3, 0.4) is 0 Å². The monoisotopic (exact) mass is 285 g/mol. The molecule has 0 saturated carbocycles. The summed E-state index contributed by atoms with van der Waals surface area (Å²) >= 11 is 1.07. The van der Waals surface area contributed by atoms with Gasteiger partial charge in [-0.1, -0.05) is 23.5 Å². The lowest BCUT2D eigenvalue weighted by Crippen LogP contribution is -2.42. The molecular formula is C11H19N5O2S. The molecule has 0 aliphatic heterocycles. The first-order chi connectivity index (χ1) is 8.88.